The van der Waals surface area contributed by atoms with Crippen molar-refractivity contribution in [2.24, 2.45) is 11.8 Å². The number of nitrogens with one attached hydrogen (secondary N) is 1. The summed E-state index contributed by atoms with van der Waals surface area (Å²) in [6, 6.07) is 5.26. The molecule has 2 N–H and O–H groups in total. The molecule has 18 heavy (non-hydrogen) atoms. The van der Waals surface area contributed by atoms with Crippen molar-refractivity contribution in [1.29, 1.82) is 0 Å². The summed E-state index contributed by atoms with van der Waals surface area (Å²) in [6.45, 7) is 5.26. The zero-order valence-electron chi connectivity index (χ0n) is 11.1. The summed E-state index contributed by atoms with van der Waals surface area (Å²) >= 11 is 0. The quantitative estimate of drug-likeness (QED) is 0.855. The number of hydrogen-bond donors (Lipinski definition) is 2. The van der Waals surface area contributed by atoms with Gasteiger partial charge in [0, 0.05) is 12.2 Å². The van der Waals surface area contributed by atoms with Crippen LogP contribution >= 0.6 is 0 Å². The minimum absolute atomic E-state index is 0.354. The summed E-state index contributed by atoms with van der Waals surface area (Å²) in [7, 11) is 0. The number of rotatable bonds is 4. The van der Waals surface area contributed by atoms with Gasteiger partial charge >= 0.3 is 5.97 Å². The van der Waals surface area contributed by atoms with Crippen LogP contribution in [0.4, 0.5) is 5.69 Å². The Bertz CT molecular complexity index is 442. The van der Waals surface area contributed by atoms with Crippen LogP contribution < -0.4 is 5.32 Å². The number of aryl methyl sites for hydroxylation is 1. The molecule has 0 radical (unpaired) electrons. The van der Waals surface area contributed by atoms with Crippen molar-refractivity contribution in [2.45, 2.75) is 33.1 Å². The van der Waals surface area contributed by atoms with Gasteiger partial charge in [0.1, 0.15) is 0 Å². The number of hydrogen-bond acceptors (Lipinski definition) is 2. The topological polar surface area (TPSA) is 49.3 Å². The van der Waals surface area contributed by atoms with Crippen LogP contribution in [0, 0.1) is 18.8 Å². The molecule has 0 aromatic heterocycles. The second-order valence-corrected chi connectivity index (χ2v) is 5.38. The van der Waals surface area contributed by atoms with Gasteiger partial charge in [-0.2, -0.15) is 0 Å². The van der Waals surface area contributed by atoms with Crippen LogP contribution in [0.25, 0.3) is 0 Å². The van der Waals surface area contributed by atoms with Crippen LogP contribution in [-0.4, -0.2) is 17.6 Å². The van der Waals surface area contributed by atoms with Gasteiger partial charge in [-0.3, -0.25) is 0 Å². The second kappa shape index (κ2) is 5.42. The fraction of sp³-hybridized carbons (Fsp3) is 0.533. The molecule has 0 bridgehead atoms. The maximum Gasteiger partial charge on any atom is 0.335 e. The van der Waals surface area contributed by atoms with Gasteiger partial charge in [-0.05, 0) is 48.9 Å². The van der Waals surface area contributed by atoms with Gasteiger partial charge in [0.25, 0.3) is 0 Å². The number of carboxylic acids is 1. The molecule has 1 aromatic rings. The molecule has 2 rings (SSSR count). The van der Waals surface area contributed by atoms with E-state index in [-0.39, 0.29) is 0 Å². The lowest BCUT2D eigenvalue weighted by Gasteiger charge is -2.18. The molecule has 0 saturated heterocycles. The van der Waals surface area contributed by atoms with Crippen LogP contribution in [-0.2, 0) is 0 Å². The predicted molar refractivity (Wildman–Crippen MR) is 73.1 cm³/mol. The van der Waals surface area contributed by atoms with E-state index in [1.807, 2.05) is 13.0 Å². The van der Waals surface area contributed by atoms with Crippen molar-refractivity contribution in [3.05, 3.63) is 29.3 Å². The Morgan fingerprint density at radius 3 is 2.78 bits per heavy atom. The van der Waals surface area contributed by atoms with Gasteiger partial charge in [-0.1, -0.05) is 19.8 Å². The predicted octanol–water partition coefficient (Wildman–Crippen LogP) is 3.54. The third-order valence-corrected chi connectivity index (χ3v) is 4.07. The van der Waals surface area contributed by atoms with Gasteiger partial charge in [-0.15, -0.1) is 0 Å². The molecule has 3 nitrogen and oxygen atoms in total. The first kappa shape index (κ1) is 12.9. The van der Waals surface area contributed by atoms with E-state index in [4.69, 9.17) is 5.11 Å². The Hall–Kier alpha value is -1.51. The number of anilines is 1. The third kappa shape index (κ3) is 2.84. The number of carboxylic acid groups (broad SMARTS) is 1. The van der Waals surface area contributed by atoms with E-state index in [1.54, 1.807) is 12.1 Å². The molecule has 0 heterocycles. The molecule has 0 amide bonds. The van der Waals surface area contributed by atoms with Crippen molar-refractivity contribution in [3.8, 4) is 0 Å². The third-order valence-electron chi connectivity index (χ3n) is 4.07. The molecule has 1 aromatic carbocycles. The molecule has 2 atom stereocenters. The van der Waals surface area contributed by atoms with Crippen molar-refractivity contribution in [2.75, 3.05) is 11.9 Å². The maximum absolute atomic E-state index is 10.9. The first-order chi connectivity index (χ1) is 8.58. The van der Waals surface area contributed by atoms with E-state index in [1.165, 1.54) is 19.3 Å². The first-order valence-electron chi connectivity index (χ1n) is 6.65. The lowest BCUT2D eigenvalue weighted by Crippen LogP contribution is -2.17. The maximum atomic E-state index is 10.9. The van der Waals surface area contributed by atoms with Crippen molar-refractivity contribution in [3.63, 3.8) is 0 Å². The molecular weight excluding hydrogens is 226 g/mol. The van der Waals surface area contributed by atoms with E-state index < -0.39 is 5.97 Å². The SMILES string of the molecule is Cc1cc(C(=O)O)ccc1NCC1CCCC1C. The molecule has 1 saturated carbocycles. The van der Waals surface area contributed by atoms with Gasteiger partial charge in [0.05, 0.1) is 5.56 Å². The van der Waals surface area contributed by atoms with E-state index in [0.717, 1.165) is 29.6 Å². The number of carbonyl (C=O) groups is 1. The van der Waals surface area contributed by atoms with Crippen LogP contribution in [0.3, 0.4) is 0 Å². The highest BCUT2D eigenvalue weighted by Gasteiger charge is 2.22. The summed E-state index contributed by atoms with van der Waals surface area (Å²) in [5, 5.41) is 12.4. The van der Waals surface area contributed by atoms with Crippen LogP contribution in [0.2, 0.25) is 0 Å². The summed E-state index contributed by atoms with van der Waals surface area (Å²) in [4.78, 5) is 10.9. The highest BCUT2D eigenvalue weighted by Crippen LogP contribution is 2.31. The highest BCUT2D eigenvalue weighted by atomic mass is 16.4. The Labute approximate surface area is 108 Å². The molecule has 2 unspecified atom stereocenters. The van der Waals surface area contributed by atoms with Crippen LogP contribution in [0.1, 0.15) is 42.1 Å². The molecule has 0 spiro atoms. The lowest BCUT2D eigenvalue weighted by atomic mass is 9.98. The largest absolute Gasteiger partial charge is 0.478 e. The highest BCUT2D eigenvalue weighted by molar-refractivity contribution is 5.88. The molecule has 1 aliphatic rings. The van der Waals surface area contributed by atoms with E-state index in [9.17, 15) is 4.79 Å². The monoisotopic (exact) mass is 247 g/mol. The Balaban J connectivity index is 1.99. The smallest absolute Gasteiger partial charge is 0.335 e. The van der Waals surface area contributed by atoms with Gasteiger partial charge < -0.3 is 10.4 Å². The van der Waals surface area contributed by atoms with Crippen molar-refractivity contribution >= 4 is 11.7 Å². The van der Waals surface area contributed by atoms with Crippen LogP contribution in [0.5, 0.6) is 0 Å². The normalized spacial score (nSPS) is 23.0. The first-order valence-corrected chi connectivity index (χ1v) is 6.65. The van der Waals surface area contributed by atoms with Gasteiger partial charge in [0.15, 0.2) is 0 Å². The molecule has 1 fully saturated rings. The Kier molecular flexibility index (Phi) is 3.90. The summed E-state index contributed by atoms with van der Waals surface area (Å²) < 4.78 is 0. The zero-order valence-corrected chi connectivity index (χ0v) is 11.1. The number of aromatic carboxylic acids is 1. The van der Waals surface area contributed by atoms with Crippen molar-refractivity contribution < 1.29 is 9.90 Å². The van der Waals surface area contributed by atoms with Crippen molar-refractivity contribution in [1.82, 2.24) is 0 Å². The molecular formula is C15H21NO2. The standard InChI is InChI=1S/C15H21NO2/c1-10-4-3-5-13(10)9-16-14-7-6-12(15(17)18)8-11(14)2/h6-8,10,13,16H,3-5,9H2,1-2H3,(H,17,18). The number of benzene rings is 1. The molecule has 1 aliphatic carbocycles. The summed E-state index contributed by atoms with van der Waals surface area (Å²) in [5.74, 6) is 0.689. The molecule has 0 aliphatic heterocycles. The fourth-order valence-corrected chi connectivity index (χ4v) is 2.76. The summed E-state index contributed by atoms with van der Waals surface area (Å²) in [5.41, 5.74) is 2.41. The zero-order chi connectivity index (χ0) is 13.1. The van der Waals surface area contributed by atoms with Gasteiger partial charge in [0.2, 0.25) is 0 Å². The lowest BCUT2D eigenvalue weighted by molar-refractivity contribution is 0.0697. The Morgan fingerprint density at radius 2 is 2.22 bits per heavy atom. The van der Waals surface area contributed by atoms with E-state index in [0.29, 0.717) is 5.56 Å². The minimum atomic E-state index is -0.867. The second-order valence-electron chi connectivity index (χ2n) is 5.38. The minimum Gasteiger partial charge on any atom is -0.478 e. The van der Waals surface area contributed by atoms with Crippen LogP contribution in [0.15, 0.2) is 18.2 Å². The average Bonchev–Trinajstić information content (AvgIpc) is 2.73. The fourth-order valence-electron chi connectivity index (χ4n) is 2.76. The van der Waals surface area contributed by atoms with E-state index in [2.05, 4.69) is 12.2 Å². The van der Waals surface area contributed by atoms with Gasteiger partial charge in [-0.25, -0.2) is 4.79 Å². The average molecular weight is 247 g/mol. The van der Waals surface area contributed by atoms with E-state index >= 15 is 0 Å². The Morgan fingerprint density at radius 1 is 1.44 bits per heavy atom. The summed E-state index contributed by atoms with van der Waals surface area (Å²) in [6.07, 6.45) is 3.98. The molecule has 98 valence electrons. The molecule has 3 heteroatoms.